The minimum absolute atomic E-state index is 0.0822. The van der Waals surface area contributed by atoms with Gasteiger partial charge in [0.15, 0.2) is 0 Å². The second-order valence-corrected chi connectivity index (χ2v) is 4.86. The van der Waals surface area contributed by atoms with Gasteiger partial charge in [0.25, 0.3) is 0 Å². The van der Waals surface area contributed by atoms with Crippen molar-refractivity contribution in [1.29, 1.82) is 0 Å². The summed E-state index contributed by atoms with van der Waals surface area (Å²) in [5.41, 5.74) is 6.77. The van der Waals surface area contributed by atoms with Crippen molar-refractivity contribution in [3.05, 3.63) is 35.4 Å². The molecule has 0 aromatic heterocycles. The molecule has 0 heterocycles. The third kappa shape index (κ3) is 4.65. The molecule has 1 rings (SSSR count). The second kappa shape index (κ2) is 7.26. The van der Waals surface area contributed by atoms with E-state index in [1.54, 1.807) is 0 Å². The van der Waals surface area contributed by atoms with Crippen LogP contribution < -0.4 is 11.1 Å². The van der Waals surface area contributed by atoms with Crippen molar-refractivity contribution in [2.45, 2.75) is 45.3 Å². The van der Waals surface area contributed by atoms with Crippen LogP contribution in [0.4, 0.5) is 0 Å². The van der Waals surface area contributed by atoms with Gasteiger partial charge in [0.05, 0.1) is 12.0 Å². The van der Waals surface area contributed by atoms with Crippen LogP contribution in [-0.2, 0) is 17.8 Å². The normalized spacial score (nSPS) is 11.4. The molecule has 0 bridgehead atoms. The summed E-state index contributed by atoms with van der Waals surface area (Å²) in [6.45, 7) is 4.56. The average molecular weight is 264 g/mol. The van der Waals surface area contributed by atoms with Gasteiger partial charge < -0.3 is 16.2 Å². The standard InChI is InChI=1S/C15H24N2O2/c1-3-15(19,4-2)11-17-14(18)9-12-7-5-6-8-13(12)10-16/h5-8,19H,3-4,9-11,16H2,1-2H3,(H,17,18). The zero-order valence-electron chi connectivity index (χ0n) is 11.8. The number of hydrogen-bond acceptors (Lipinski definition) is 3. The first kappa shape index (κ1) is 15.7. The van der Waals surface area contributed by atoms with Crippen molar-refractivity contribution in [2.24, 2.45) is 5.73 Å². The fourth-order valence-electron chi connectivity index (χ4n) is 1.93. The largest absolute Gasteiger partial charge is 0.388 e. The van der Waals surface area contributed by atoms with Gasteiger partial charge in [-0.25, -0.2) is 0 Å². The molecular formula is C15H24N2O2. The molecule has 0 saturated heterocycles. The van der Waals surface area contributed by atoms with Crippen LogP contribution in [0, 0.1) is 0 Å². The van der Waals surface area contributed by atoms with Crippen LogP contribution in [-0.4, -0.2) is 23.2 Å². The molecular weight excluding hydrogens is 240 g/mol. The SMILES string of the molecule is CCC(O)(CC)CNC(=O)Cc1ccccc1CN. The summed E-state index contributed by atoms with van der Waals surface area (Å²) in [6, 6.07) is 7.65. The van der Waals surface area contributed by atoms with Gasteiger partial charge in [0.1, 0.15) is 0 Å². The maximum atomic E-state index is 11.9. The highest BCUT2D eigenvalue weighted by Gasteiger charge is 2.22. The maximum Gasteiger partial charge on any atom is 0.224 e. The molecule has 19 heavy (non-hydrogen) atoms. The van der Waals surface area contributed by atoms with Crippen LogP contribution in [0.3, 0.4) is 0 Å². The number of benzene rings is 1. The molecule has 0 aliphatic rings. The molecule has 0 radical (unpaired) electrons. The Labute approximate surface area is 115 Å². The van der Waals surface area contributed by atoms with Gasteiger partial charge in [-0.2, -0.15) is 0 Å². The summed E-state index contributed by atoms with van der Waals surface area (Å²) in [7, 11) is 0. The van der Waals surface area contributed by atoms with Crippen LogP contribution in [0.25, 0.3) is 0 Å². The Morgan fingerprint density at radius 1 is 1.26 bits per heavy atom. The highest BCUT2D eigenvalue weighted by molar-refractivity contribution is 5.79. The quantitative estimate of drug-likeness (QED) is 0.696. The second-order valence-electron chi connectivity index (χ2n) is 4.86. The lowest BCUT2D eigenvalue weighted by Gasteiger charge is -2.25. The predicted molar refractivity (Wildman–Crippen MR) is 76.6 cm³/mol. The topological polar surface area (TPSA) is 75.3 Å². The molecule has 4 nitrogen and oxygen atoms in total. The van der Waals surface area contributed by atoms with E-state index >= 15 is 0 Å². The fourth-order valence-corrected chi connectivity index (χ4v) is 1.93. The molecule has 106 valence electrons. The number of hydrogen-bond donors (Lipinski definition) is 3. The van der Waals surface area contributed by atoms with Gasteiger partial charge in [-0.1, -0.05) is 38.1 Å². The van der Waals surface area contributed by atoms with Crippen molar-refractivity contribution < 1.29 is 9.90 Å². The molecule has 0 saturated carbocycles. The Morgan fingerprint density at radius 3 is 2.37 bits per heavy atom. The van der Waals surface area contributed by atoms with E-state index in [2.05, 4.69) is 5.32 Å². The van der Waals surface area contributed by atoms with E-state index < -0.39 is 5.60 Å². The monoisotopic (exact) mass is 264 g/mol. The number of nitrogens with one attached hydrogen (secondary N) is 1. The van der Waals surface area contributed by atoms with E-state index in [4.69, 9.17) is 5.73 Å². The Bertz CT molecular complexity index is 414. The maximum absolute atomic E-state index is 11.9. The van der Waals surface area contributed by atoms with Crippen molar-refractivity contribution in [3.63, 3.8) is 0 Å². The van der Waals surface area contributed by atoms with E-state index in [1.807, 2.05) is 38.1 Å². The van der Waals surface area contributed by atoms with E-state index in [0.717, 1.165) is 11.1 Å². The van der Waals surface area contributed by atoms with Crippen molar-refractivity contribution >= 4 is 5.91 Å². The van der Waals surface area contributed by atoms with E-state index in [1.165, 1.54) is 0 Å². The van der Waals surface area contributed by atoms with Crippen LogP contribution in [0.2, 0.25) is 0 Å². The fraction of sp³-hybridized carbons (Fsp3) is 0.533. The summed E-state index contributed by atoms with van der Waals surface area (Å²) < 4.78 is 0. The summed E-state index contributed by atoms with van der Waals surface area (Å²) in [4.78, 5) is 11.9. The van der Waals surface area contributed by atoms with E-state index in [0.29, 0.717) is 32.4 Å². The molecule has 1 aromatic rings. The molecule has 4 N–H and O–H groups in total. The lowest BCUT2D eigenvalue weighted by molar-refractivity contribution is -0.121. The molecule has 1 aromatic carbocycles. The zero-order chi connectivity index (χ0) is 14.3. The van der Waals surface area contributed by atoms with Gasteiger partial charge in [-0.3, -0.25) is 4.79 Å². The number of carbonyl (C=O) groups is 1. The van der Waals surface area contributed by atoms with Crippen LogP contribution in [0.1, 0.15) is 37.8 Å². The number of carbonyl (C=O) groups excluding carboxylic acids is 1. The molecule has 0 aliphatic carbocycles. The Kier molecular flexibility index (Phi) is 5.99. The smallest absolute Gasteiger partial charge is 0.224 e. The van der Waals surface area contributed by atoms with Crippen molar-refractivity contribution in [2.75, 3.05) is 6.54 Å². The number of aliphatic hydroxyl groups is 1. The van der Waals surface area contributed by atoms with Gasteiger partial charge in [-0.05, 0) is 24.0 Å². The minimum Gasteiger partial charge on any atom is -0.388 e. The molecule has 4 heteroatoms. The number of nitrogens with two attached hydrogens (primary N) is 1. The lowest BCUT2D eigenvalue weighted by Crippen LogP contribution is -2.42. The van der Waals surface area contributed by atoms with Gasteiger partial charge >= 0.3 is 0 Å². The van der Waals surface area contributed by atoms with Crippen molar-refractivity contribution in [1.82, 2.24) is 5.32 Å². The average Bonchev–Trinajstić information content (AvgIpc) is 2.45. The highest BCUT2D eigenvalue weighted by Crippen LogP contribution is 2.13. The molecule has 0 atom stereocenters. The van der Waals surface area contributed by atoms with E-state index in [9.17, 15) is 9.90 Å². The lowest BCUT2D eigenvalue weighted by atomic mass is 9.97. The zero-order valence-corrected chi connectivity index (χ0v) is 11.8. The first-order chi connectivity index (χ1) is 9.04. The first-order valence-corrected chi connectivity index (χ1v) is 6.80. The Morgan fingerprint density at radius 2 is 1.84 bits per heavy atom. The summed E-state index contributed by atoms with van der Waals surface area (Å²) in [5.74, 6) is -0.0822. The van der Waals surface area contributed by atoms with Crippen LogP contribution >= 0.6 is 0 Å². The summed E-state index contributed by atoms with van der Waals surface area (Å²) in [5, 5.41) is 12.9. The number of amides is 1. The van der Waals surface area contributed by atoms with Crippen molar-refractivity contribution in [3.8, 4) is 0 Å². The first-order valence-electron chi connectivity index (χ1n) is 6.80. The molecule has 0 spiro atoms. The summed E-state index contributed by atoms with van der Waals surface area (Å²) in [6.07, 6.45) is 1.56. The van der Waals surface area contributed by atoms with E-state index in [-0.39, 0.29) is 5.91 Å². The van der Waals surface area contributed by atoms with Crippen LogP contribution in [0.5, 0.6) is 0 Å². The molecule has 0 fully saturated rings. The third-order valence-electron chi connectivity index (χ3n) is 3.62. The van der Waals surface area contributed by atoms with Crippen LogP contribution in [0.15, 0.2) is 24.3 Å². The third-order valence-corrected chi connectivity index (χ3v) is 3.62. The minimum atomic E-state index is -0.803. The molecule has 0 aliphatic heterocycles. The van der Waals surface area contributed by atoms with Gasteiger partial charge in [0.2, 0.25) is 5.91 Å². The highest BCUT2D eigenvalue weighted by atomic mass is 16.3. The summed E-state index contributed by atoms with van der Waals surface area (Å²) >= 11 is 0. The predicted octanol–water partition coefficient (Wildman–Crippen LogP) is 1.36. The van der Waals surface area contributed by atoms with Gasteiger partial charge in [-0.15, -0.1) is 0 Å². The number of rotatable bonds is 7. The molecule has 0 unspecified atom stereocenters. The Balaban J connectivity index is 2.56. The Hall–Kier alpha value is -1.39. The van der Waals surface area contributed by atoms with Gasteiger partial charge in [0, 0.05) is 13.1 Å². The molecule has 1 amide bonds.